The van der Waals surface area contributed by atoms with Gasteiger partial charge in [-0.05, 0) is 12.1 Å². The van der Waals surface area contributed by atoms with Crippen LogP contribution in [0.4, 0.5) is 10.5 Å². The predicted molar refractivity (Wildman–Crippen MR) is 93.4 cm³/mol. The molecule has 2 heterocycles. The van der Waals surface area contributed by atoms with Crippen molar-refractivity contribution in [2.75, 3.05) is 37.7 Å². The number of nitrogens with one attached hydrogen (secondary N) is 3. The van der Waals surface area contributed by atoms with E-state index in [0.29, 0.717) is 44.3 Å². The van der Waals surface area contributed by atoms with Gasteiger partial charge in [-0.2, -0.15) is 0 Å². The highest BCUT2D eigenvalue weighted by atomic mass is 16.6. The third-order valence-corrected chi connectivity index (χ3v) is 4.08. The van der Waals surface area contributed by atoms with Crippen LogP contribution < -0.4 is 30.3 Å². The number of carbonyl (C=O) groups is 3. The Morgan fingerprint density at radius 1 is 1.15 bits per heavy atom. The molecule has 9 nitrogen and oxygen atoms in total. The molecule has 9 heteroatoms. The van der Waals surface area contributed by atoms with Crippen LogP contribution in [0.5, 0.6) is 11.5 Å². The van der Waals surface area contributed by atoms with E-state index in [9.17, 15) is 14.4 Å². The number of benzene rings is 1. The lowest BCUT2D eigenvalue weighted by Crippen LogP contribution is -2.45. The highest BCUT2D eigenvalue weighted by Gasteiger charge is 2.32. The van der Waals surface area contributed by atoms with Crippen LogP contribution in [0.25, 0.3) is 0 Å². The number of ether oxygens (including phenoxy) is 2. The molecule has 1 atom stereocenters. The standard InChI is InChI=1S/C17H22N4O5/c1-11(22)18-4-5-19-17(24)20-12-8-16(23)21(10-12)13-2-3-14-15(9-13)26-7-6-25-14/h2-3,9,12H,4-8,10H2,1H3,(H,18,22)(H2,19,20,24)/t12-/m1/s1. The minimum Gasteiger partial charge on any atom is -0.486 e. The van der Waals surface area contributed by atoms with Gasteiger partial charge in [0, 0.05) is 44.7 Å². The van der Waals surface area contributed by atoms with Gasteiger partial charge >= 0.3 is 6.03 Å². The Bertz CT molecular complexity index is 708. The second-order valence-electron chi connectivity index (χ2n) is 6.12. The number of nitrogens with zero attached hydrogens (tertiary/aromatic N) is 1. The molecule has 0 radical (unpaired) electrons. The molecule has 1 aromatic carbocycles. The number of fused-ring (bicyclic) bond motifs is 1. The average Bonchev–Trinajstić information content (AvgIpc) is 2.98. The second-order valence-corrected chi connectivity index (χ2v) is 6.12. The van der Waals surface area contributed by atoms with Crippen molar-refractivity contribution < 1.29 is 23.9 Å². The minimum absolute atomic E-state index is 0.0646. The van der Waals surface area contributed by atoms with Crippen LogP contribution in [-0.2, 0) is 9.59 Å². The van der Waals surface area contributed by atoms with E-state index < -0.39 is 0 Å². The van der Waals surface area contributed by atoms with Crippen molar-refractivity contribution in [2.45, 2.75) is 19.4 Å². The Labute approximate surface area is 151 Å². The van der Waals surface area contributed by atoms with Crippen molar-refractivity contribution in [3.63, 3.8) is 0 Å². The van der Waals surface area contributed by atoms with Crippen molar-refractivity contribution in [1.82, 2.24) is 16.0 Å². The van der Waals surface area contributed by atoms with Gasteiger partial charge in [-0.15, -0.1) is 0 Å². The minimum atomic E-state index is -0.364. The summed E-state index contributed by atoms with van der Waals surface area (Å²) >= 11 is 0. The summed E-state index contributed by atoms with van der Waals surface area (Å²) in [5, 5.41) is 8.01. The highest BCUT2D eigenvalue weighted by molar-refractivity contribution is 5.97. The first-order valence-corrected chi connectivity index (χ1v) is 8.52. The topological polar surface area (TPSA) is 109 Å². The summed E-state index contributed by atoms with van der Waals surface area (Å²) in [6.07, 6.45) is 0.230. The number of amides is 4. The Morgan fingerprint density at radius 3 is 2.65 bits per heavy atom. The number of urea groups is 1. The SMILES string of the molecule is CC(=O)NCCNC(=O)N[C@@H]1CC(=O)N(c2ccc3c(c2)OCCO3)C1. The van der Waals surface area contributed by atoms with Gasteiger partial charge in [0.05, 0.1) is 6.04 Å². The van der Waals surface area contributed by atoms with Gasteiger partial charge in [0.25, 0.3) is 0 Å². The number of carbonyl (C=O) groups excluding carboxylic acids is 3. The molecule has 1 aromatic rings. The van der Waals surface area contributed by atoms with E-state index >= 15 is 0 Å². The molecule has 0 aromatic heterocycles. The smallest absolute Gasteiger partial charge is 0.315 e. The van der Waals surface area contributed by atoms with E-state index in [4.69, 9.17) is 9.47 Å². The largest absolute Gasteiger partial charge is 0.486 e. The van der Waals surface area contributed by atoms with Crippen molar-refractivity contribution in [3.05, 3.63) is 18.2 Å². The molecule has 0 aliphatic carbocycles. The molecular formula is C17H22N4O5. The van der Waals surface area contributed by atoms with Crippen LogP contribution in [0.15, 0.2) is 18.2 Å². The summed E-state index contributed by atoms with van der Waals surface area (Å²) in [5.41, 5.74) is 0.717. The normalized spacial score (nSPS) is 18.4. The van der Waals surface area contributed by atoms with Gasteiger partial charge in [-0.3, -0.25) is 9.59 Å². The maximum atomic E-state index is 12.3. The van der Waals surface area contributed by atoms with E-state index in [1.54, 1.807) is 23.1 Å². The van der Waals surface area contributed by atoms with Gasteiger partial charge in [-0.1, -0.05) is 0 Å². The lowest BCUT2D eigenvalue weighted by molar-refractivity contribution is -0.119. The molecule has 0 unspecified atom stereocenters. The zero-order valence-corrected chi connectivity index (χ0v) is 14.5. The molecule has 4 amide bonds. The zero-order chi connectivity index (χ0) is 18.5. The lowest BCUT2D eigenvalue weighted by atomic mass is 10.2. The van der Waals surface area contributed by atoms with Crippen LogP contribution in [0.3, 0.4) is 0 Å². The molecule has 3 rings (SSSR count). The number of anilines is 1. The molecule has 2 aliphatic heterocycles. The van der Waals surface area contributed by atoms with Gasteiger partial charge in [-0.25, -0.2) is 4.79 Å². The summed E-state index contributed by atoms with van der Waals surface area (Å²) in [4.78, 5) is 36.6. The first-order valence-electron chi connectivity index (χ1n) is 8.52. The van der Waals surface area contributed by atoms with E-state index in [2.05, 4.69) is 16.0 Å². The second kappa shape index (κ2) is 7.94. The summed E-state index contributed by atoms with van der Waals surface area (Å²) < 4.78 is 11.0. The van der Waals surface area contributed by atoms with Gasteiger partial charge in [0.2, 0.25) is 11.8 Å². The third-order valence-electron chi connectivity index (χ3n) is 4.08. The van der Waals surface area contributed by atoms with Crippen LogP contribution in [0, 0.1) is 0 Å². The molecule has 1 saturated heterocycles. The molecule has 0 spiro atoms. The number of rotatable bonds is 5. The predicted octanol–water partition coefficient (Wildman–Crippen LogP) is -0.00160. The summed E-state index contributed by atoms with van der Waals surface area (Å²) in [6.45, 7) is 3.47. The third kappa shape index (κ3) is 4.35. The van der Waals surface area contributed by atoms with E-state index in [1.807, 2.05) is 0 Å². The fourth-order valence-electron chi connectivity index (χ4n) is 2.90. The van der Waals surface area contributed by atoms with Gasteiger partial charge in [0.1, 0.15) is 13.2 Å². The van der Waals surface area contributed by atoms with Crippen LogP contribution in [-0.4, -0.2) is 56.7 Å². The van der Waals surface area contributed by atoms with Crippen LogP contribution in [0.2, 0.25) is 0 Å². The molecule has 26 heavy (non-hydrogen) atoms. The maximum absolute atomic E-state index is 12.3. The monoisotopic (exact) mass is 362 g/mol. The van der Waals surface area contributed by atoms with E-state index in [0.717, 1.165) is 5.69 Å². The summed E-state index contributed by atoms with van der Waals surface area (Å²) in [7, 11) is 0. The zero-order valence-electron chi connectivity index (χ0n) is 14.5. The fraction of sp³-hybridized carbons (Fsp3) is 0.471. The van der Waals surface area contributed by atoms with Crippen LogP contribution >= 0.6 is 0 Å². The quantitative estimate of drug-likeness (QED) is 0.639. The first-order chi connectivity index (χ1) is 12.5. The number of hydrogen-bond donors (Lipinski definition) is 3. The van der Waals surface area contributed by atoms with Crippen molar-refractivity contribution in [3.8, 4) is 11.5 Å². The van der Waals surface area contributed by atoms with Crippen LogP contribution in [0.1, 0.15) is 13.3 Å². The highest BCUT2D eigenvalue weighted by Crippen LogP contribution is 2.35. The lowest BCUT2D eigenvalue weighted by Gasteiger charge is -2.22. The van der Waals surface area contributed by atoms with Crippen molar-refractivity contribution >= 4 is 23.5 Å². The van der Waals surface area contributed by atoms with Gasteiger partial charge in [0.15, 0.2) is 11.5 Å². The summed E-state index contributed by atoms with van der Waals surface area (Å²) in [5.74, 6) is 1.07. The molecule has 2 aliphatic rings. The van der Waals surface area contributed by atoms with E-state index in [1.165, 1.54) is 6.92 Å². The van der Waals surface area contributed by atoms with E-state index in [-0.39, 0.29) is 30.3 Å². The first kappa shape index (κ1) is 17.8. The van der Waals surface area contributed by atoms with Crippen molar-refractivity contribution in [1.29, 1.82) is 0 Å². The van der Waals surface area contributed by atoms with Crippen molar-refractivity contribution in [2.24, 2.45) is 0 Å². The van der Waals surface area contributed by atoms with Gasteiger partial charge < -0.3 is 30.3 Å². The Kier molecular flexibility index (Phi) is 5.45. The molecule has 0 saturated carbocycles. The molecule has 0 bridgehead atoms. The molecular weight excluding hydrogens is 340 g/mol. The Morgan fingerprint density at radius 2 is 1.88 bits per heavy atom. The average molecular weight is 362 g/mol. The number of hydrogen-bond acceptors (Lipinski definition) is 5. The molecule has 3 N–H and O–H groups in total. The molecule has 140 valence electrons. The molecule has 1 fully saturated rings. The summed E-state index contributed by atoms with van der Waals surface area (Å²) in [6, 6.07) is 4.73. The maximum Gasteiger partial charge on any atom is 0.315 e. The Hall–Kier alpha value is -2.97. The Balaban J connectivity index is 1.52. The fourth-order valence-corrected chi connectivity index (χ4v) is 2.90.